The van der Waals surface area contributed by atoms with E-state index in [-0.39, 0.29) is 5.60 Å². The maximum absolute atomic E-state index is 6.29. The first-order chi connectivity index (χ1) is 5.56. The fourth-order valence-corrected chi connectivity index (χ4v) is 3.47. The van der Waals surface area contributed by atoms with Crippen LogP contribution in [-0.2, 0) is 4.74 Å². The predicted octanol–water partition coefficient (Wildman–Crippen LogP) is 2.43. The van der Waals surface area contributed by atoms with Gasteiger partial charge in [-0.25, -0.2) is 0 Å². The lowest BCUT2D eigenvalue weighted by Crippen LogP contribution is -2.30. The number of hydrogen-bond donors (Lipinski definition) is 0. The number of epoxide rings is 1. The smallest absolute Gasteiger partial charge is 0.108 e. The Morgan fingerprint density at radius 2 is 2.00 bits per heavy atom. The van der Waals surface area contributed by atoms with Crippen molar-refractivity contribution in [2.24, 2.45) is 17.3 Å². The SMILES string of the molecule is CC1(C)[C@@H]2C[C@H](Cl)[C@]3(CO3)C[C@@H]21. The van der Waals surface area contributed by atoms with E-state index in [0.29, 0.717) is 10.8 Å². The van der Waals surface area contributed by atoms with E-state index in [2.05, 4.69) is 13.8 Å². The van der Waals surface area contributed by atoms with Crippen molar-refractivity contribution in [3.05, 3.63) is 0 Å². The minimum atomic E-state index is 0.122. The maximum atomic E-state index is 6.29. The topological polar surface area (TPSA) is 12.5 Å². The van der Waals surface area contributed by atoms with Crippen LogP contribution in [0.2, 0.25) is 0 Å². The molecule has 1 heterocycles. The summed E-state index contributed by atoms with van der Waals surface area (Å²) in [6, 6.07) is 0. The van der Waals surface area contributed by atoms with E-state index in [1.54, 1.807) is 0 Å². The van der Waals surface area contributed by atoms with E-state index in [1.807, 2.05) is 0 Å². The van der Waals surface area contributed by atoms with Crippen LogP contribution in [0.1, 0.15) is 26.7 Å². The van der Waals surface area contributed by atoms with Gasteiger partial charge in [0.1, 0.15) is 5.60 Å². The molecule has 0 aromatic carbocycles. The molecule has 1 aliphatic heterocycles. The molecule has 3 fully saturated rings. The zero-order chi connectivity index (χ0) is 8.56. The third-order valence-corrected chi connectivity index (χ3v) is 4.98. The Balaban J connectivity index is 1.84. The molecule has 0 bridgehead atoms. The standard InChI is InChI=1S/C10H15ClO/c1-9(2)6-3-8(11)10(5-12-10)4-7(6)9/h6-8H,3-5H2,1-2H3/t6-,7+,8+,10-/m1/s1. The van der Waals surface area contributed by atoms with Crippen LogP contribution >= 0.6 is 11.6 Å². The summed E-state index contributed by atoms with van der Waals surface area (Å²) in [5.74, 6) is 1.78. The van der Waals surface area contributed by atoms with E-state index in [1.165, 1.54) is 12.8 Å². The van der Waals surface area contributed by atoms with E-state index in [0.717, 1.165) is 18.4 Å². The number of halogens is 1. The average Bonchev–Trinajstić information content (AvgIpc) is 2.84. The van der Waals surface area contributed by atoms with Crippen LogP contribution in [0.15, 0.2) is 0 Å². The fraction of sp³-hybridized carbons (Fsp3) is 1.00. The monoisotopic (exact) mass is 186 g/mol. The highest BCUT2D eigenvalue weighted by Gasteiger charge is 2.68. The van der Waals surface area contributed by atoms with Crippen LogP contribution < -0.4 is 0 Å². The minimum absolute atomic E-state index is 0.122. The number of ether oxygens (including phenoxy) is 1. The zero-order valence-electron chi connectivity index (χ0n) is 7.64. The van der Waals surface area contributed by atoms with Gasteiger partial charge in [0.25, 0.3) is 0 Å². The summed E-state index contributed by atoms with van der Waals surface area (Å²) >= 11 is 6.29. The van der Waals surface area contributed by atoms with Crippen molar-refractivity contribution in [1.29, 1.82) is 0 Å². The van der Waals surface area contributed by atoms with Crippen LogP contribution in [0.25, 0.3) is 0 Å². The first-order valence-corrected chi connectivity index (χ1v) is 5.28. The Labute approximate surface area is 78.4 Å². The molecule has 0 radical (unpaired) electrons. The molecule has 0 aromatic heterocycles. The van der Waals surface area contributed by atoms with Crippen molar-refractivity contribution < 1.29 is 4.74 Å². The second kappa shape index (κ2) is 1.85. The molecule has 4 atom stereocenters. The summed E-state index contributed by atoms with van der Waals surface area (Å²) in [6.07, 6.45) is 2.40. The van der Waals surface area contributed by atoms with Gasteiger partial charge in [0, 0.05) is 0 Å². The Hall–Kier alpha value is 0.250. The second-order valence-electron chi connectivity index (χ2n) is 5.30. The van der Waals surface area contributed by atoms with Gasteiger partial charge in [0.2, 0.25) is 0 Å². The lowest BCUT2D eigenvalue weighted by atomic mass is 9.89. The summed E-state index contributed by atoms with van der Waals surface area (Å²) in [5, 5.41) is 0.292. The van der Waals surface area contributed by atoms with E-state index < -0.39 is 0 Å². The van der Waals surface area contributed by atoms with Crippen molar-refractivity contribution >= 4 is 11.6 Å². The Morgan fingerprint density at radius 3 is 2.58 bits per heavy atom. The summed E-state index contributed by atoms with van der Waals surface area (Å²) in [4.78, 5) is 0. The molecule has 2 saturated carbocycles. The number of alkyl halides is 1. The first-order valence-electron chi connectivity index (χ1n) is 4.84. The summed E-state index contributed by atoms with van der Waals surface area (Å²) < 4.78 is 5.51. The van der Waals surface area contributed by atoms with Crippen molar-refractivity contribution in [2.45, 2.75) is 37.7 Å². The number of rotatable bonds is 0. The second-order valence-corrected chi connectivity index (χ2v) is 5.82. The first kappa shape index (κ1) is 7.64. The summed E-state index contributed by atoms with van der Waals surface area (Å²) in [6.45, 7) is 5.65. The van der Waals surface area contributed by atoms with Gasteiger partial charge >= 0.3 is 0 Å². The van der Waals surface area contributed by atoms with E-state index >= 15 is 0 Å². The van der Waals surface area contributed by atoms with Gasteiger partial charge in [-0.3, -0.25) is 0 Å². The lowest BCUT2D eigenvalue weighted by molar-refractivity contribution is 0.233. The van der Waals surface area contributed by atoms with Crippen molar-refractivity contribution in [2.75, 3.05) is 6.61 Å². The van der Waals surface area contributed by atoms with Crippen molar-refractivity contribution in [3.63, 3.8) is 0 Å². The lowest BCUT2D eigenvalue weighted by Gasteiger charge is -2.22. The highest BCUT2D eigenvalue weighted by Crippen LogP contribution is 2.69. The van der Waals surface area contributed by atoms with E-state index in [4.69, 9.17) is 16.3 Å². The molecule has 2 aliphatic carbocycles. The largest absolute Gasteiger partial charge is 0.368 e. The van der Waals surface area contributed by atoms with Gasteiger partial charge in [-0.15, -0.1) is 11.6 Å². The highest BCUT2D eigenvalue weighted by molar-refractivity contribution is 6.21. The van der Waals surface area contributed by atoms with E-state index in [9.17, 15) is 0 Å². The maximum Gasteiger partial charge on any atom is 0.108 e. The molecule has 1 nitrogen and oxygen atoms in total. The molecule has 68 valence electrons. The van der Waals surface area contributed by atoms with Crippen LogP contribution in [-0.4, -0.2) is 17.6 Å². The fourth-order valence-electron chi connectivity index (χ4n) is 3.06. The predicted molar refractivity (Wildman–Crippen MR) is 48.3 cm³/mol. The minimum Gasteiger partial charge on any atom is -0.368 e. The molecule has 12 heavy (non-hydrogen) atoms. The van der Waals surface area contributed by atoms with Gasteiger partial charge in [-0.2, -0.15) is 0 Å². The van der Waals surface area contributed by atoms with Crippen LogP contribution in [0.5, 0.6) is 0 Å². The molecule has 3 rings (SSSR count). The quantitative estimate of drug-likeness (QED) is 0.418. The number of fused-ring (bicyclic) bond motifs is 1. The third kappa shape index (κ3) is 0.748. The molecule has 0 N–H and O–H groups in total. The van der Waals surface area contributed by atoms with Crippen LogP contribution in [0.4, 0.5) is 0 Å². The Kier molecular flexibility index (Phi) is 1.18. The van der Waals surface area contributed by atoms with Crippen LogP contribution in [0, 0.1) is 17.3 Å². The highest BCUT2D eigenvalue weighted by atomic mass is 35.5. The van der Waals surface area contributed by atoms with Gasteiger partial charge < -0.3 is 4.74 Å². The zero-order valence-corrected chi connectivity index (χ0v) is 8.40. The summed E-state index contributed by atoms with van der Waals surface area (Å²) in [5.41, 5.74) is 0.680. The molecule has 0 amide bonds. The van der Waals surface area contributed by atoms with Crippen LogP contribution in [0.3, 0.4) is 0 Å². The Morgan fingerprint density at radius 1 is 1.33 bits per heavy atom. The summed E-state index contributed by atoms with van der Waals surface area (Å²) in [7, 11) is 0. The molecular formula is C10H15ClO. The van der Waals surface area contributed by atoms with Gasteiger partial charge in [0.15, 0.2) is 0 Å². The van der Waals surface area contributed by atoms with Gasteiger partial charge in [0.05, 0.1) is 12.0 Å². The molecule has 3 aliphatic rings. The molecular weight excluding hydrogens is 172 g/mol. The molecule has 1 saturated heterocycles. The molecule has 0 unspecified atom stereocenters. The van der Waals surface area contributed by atoms with Gasteiger partial charge in [-0.05, 0) is 30.1 Å². The Bertz CT molecular complexity index is 232. The van der Waals surface area contributed by atoms with Crippen molar-refractivity contribution in [3.8, 4) is 0 Å². The molecule has 1 spiro atoms. The van der Waals surface area contributed by atoms with Crippen molar-refractivity contribution in [1.82, 2.24) is 0 Å². The number of hydrogen-bond acceptors (Lipinski definition) is 1. The van der Waals surface area contributed by atoms with Gasteiger partial charge in [-0.1, -0.05) is 13.8 Å². The molecule has 0 aromatic rings. The third-order valence-electron chi connectivity index (χ3n) is 4.40. The molecule has 2 heteroatoms. The normalized spacial score (nSPS) is 59.8. The average molecular weight is 187 g/mol.